The summed E-state index contributed by atoms with van der Waals surface area (Å²) in [6, 6.07) is 0. The number of aliphatic carboxylic acids is 1. The van der Waals surface area contributed by atoms with Crippen LogP contribution in [-0.2, 0) is 4.79 Å². The predicted octanol–water partition coefficient (Wildman–Crippen LogP) is -0.962. The van der Waals surface area contributed by atoms with Crippen molar-refractivity contribution >= 4 is 11.8 Å². The minimum atomic E-state index is -0.853. The number of hydrogen-bond donors (Lipinski definition) is 3. The van der Waals surface area contributed by atoms with Crippen molar-refractivity contribution in [3.63, 3.8) is 0 Å². The first kappa shape index (κ1) is 8.99. The molecular formula is C7H13N3O2. The maximum absolute atomic E-state index is 10.7. The van der Waals surface area contributed by atoms with Crippen molar-refractivity contribution in [2.75, 3.05) is 19.6 Å². The summed E-state index contributed by atoms with van der Waals surface area (Å²) in [6.45, 7) is 1.78. The Morgan fingerprint density at radius 1 is 1.83 bits per heavy atom. The zero-order chi connectivity index (χ0) is 8.97. The Hall–Kier alpha value is -1.10. The molecule has 0 aromatic heterocycles. The van der Waals surface area contributed by atoms with E-state index in [1.165, 1.54) is 0 Å². The molecule has 0 spiro atoms. The van der Waals surface area contributed by atoms with E-state index in [1.807, 2.05) is 0 Å². The van der Waals surface area contributed by atoms with E-state index in [-0.39, 0.29) is 0 Å². The highest BCUT2D eigenvalue weighted by atomic mass is 16.4. The van der Waals surface area contributed by atoms with Crippen molar-refractivity contribution in [3.05, 3.63) is 0 Å². The summed E-state index contributed by atoms with van der Waals surface area (Å²) in [5, 5.41) is 11.7. The topological polar surface area (TPSA) is 87.7 Å². The summed E-state index contributed by atoms with van der Waals surface area (Å²) in [4.78, 5) is 14.7. The van der Waals surface area contributed by atoms with Gasteiger partial charge in [0.1, 0.15) is 11.8 Å². The minimum Gasteiger partial charge on any atom is -0.481 e. The average molecular weight is 171 g/mol. The van der Waals surface area contributed by atoms with Gasteiger partial charge in [-0.2, -0.15) is 0 Å². The Morgan fingerprint density at radius 2 is 2.58 bits per heavy atom. The van der Waals surface area contributed by atoms with E-state index >= 15 is 0 Å². The van der Waals surface area contributed by atoms with Gasteiger partial charge in [0.15, 0.2) is 0 Å². The van der Waals surface area contributed by atoms with E-state index in [2.05, 4.69) is 10.3 Å². The number of carboxylic acid groups (broad SMARTS) is 1. The number of carboxylic acids is 1. The van der Waals surface area contributed by atoms with Gasteiger partial charge in [0.05, 0.1) is 6.54 Å². The van der Waals surface area contributed by atoms with Crippen LogP contribution in [0.4, 0.5) is 0 Å². The normalized spacial score (nSPS) is 18.2. The second-order valence-corrected chi connectivity index (χ2v) is 2.66. The van der Waals surface area contributed by atoms with Crippen molar-refractivity contribution in [1.82, 2.24) is 5.32 Å². The second kappa shape index (κ2) is 4.06. The third-order valence-electron chi connectivity index (χ3n) is 1.78. The molecule has 1 unspecified atom stereocenters. The lowest BCUT2D eigenvalue weighted by molar-refractivity contribution is -0.139. The minimum absolute atomic E-state index is 0.373. The molecule has 4 N–H and O–H groups in total. The fourth-order valence-electron chi connectivity index (χ4n) is 1.19. The average Bonchev–Trinajstić information content (AvgIpc) is 2.51. The Labute approximate surface area is 70.7 Å². The standard InChI is InChI=1S/C7H13N3O2/c8-2-1-5(7(11)12)6-9-3-4-10-6/h5H,1-4,8H2,(H,9,10)(H,11,12). The first-order valence-corrected chi connectivity index (χ1v) is 3.96. The van der Waals surface area contributed by atoms with E-state index in [1.54, 1.807) is 0 Å². The lowest BCUT2D eigenvalue weighted by Gasteiger charge is -2.10. The molecular weight excluding hydrogens is 158 g/mol. The molecule has 0 radical (unpaired) electrons. The highest BCUT2D eigenvalue weighted by Crippen LogP contribution is 2.06. The maximum atomic E-state index is 10.7. The molecule has 1 rings (SSSR count). The predicted molar refractivity (Wildman–Crippen MR) is 45.1 cm³/mol. The fraction of sp³-hybridized carbons (Fsp3) is 0.714. The number of nitrogens with two attached hydrogens (primary N) is 1. The third kappa shape index (κ3) is 1.94. The zero-order valence-electron chi connectivity index (χ0n) is 6.79. The van der Waals surface area contributed by atoms with Crippen LogP contribution >= 0.6 is 0 Å². The molecule has 12 heavy (non-hydrogen) atoms. The molecule has 1 heterocycles. The van der Waals surface area contributed by atoms with E-state index in [9.17, 15) is 4.79 Å². The highest BCUT2D eigenvalue weighted by Gasteiger charge is 2.24. The van der Waals surface area contributed by atoms with Gasteiger partial charge in [0.25, 0.3) is 0 Å². The number of hydrogen-bond acceptors (Lipinski definition) is 4. The summed E-state index contributed by atoms with van der Waals surface area (Å²) in [7, 11) is 0. The lowest BCUT2D eigenvalue weighted by atomic mass is 10.1. The molecule has 0 aromatic carbocycles. The molecule has 1 aliphatic rings. The SMILES string of the molecule is NCCC(C(=O)O)C1=NCCN1. The van der Waals surface area contributed by atoms with Gasteiger partial charge in [-0.15, -0.1) is 0 Å². The number of aliphatic imine (C=N–C) groups is 1. The molecule has 1 aliphatic heterocycles. The van der Waals surface area contributed by atoms with Crippen LogP contribution in [0.3, 0.4) is 0 Å². The van der Waals surface area contributed by atoms with Crippen LogP contribution in [0.1, 0.15) is 6.42 Å². The Bertz CT molecular complexity index is 203. The highest BCUT2D eigenvalue weighted by molar-refractivity contribution is 6.00. The summed E-state index contributed by atoms with van der Waals surface area (Å²) < 4.78 is 0. The van der Waals surface area contributed by atoms with Gasteiger partial charge >= 0.3 is 5.97 Å². The third-order valence-corrected chi connectivity index (χ3v) is 1.78. The van der Waals surface area contributed by atoms with E-state index < -0.39 is 11.9 Å². The molecule has 0 amide bonds. The van der Waals surface area contributed by atoms with Crippen LogP contribution in [0.5, 0.6) is 0 Å². The van der Waals surface area contributed by atoms with Gasteiger partial charge < -0.3 is 16.2 Å². The van der Waals surface area contributed by atoms with Crippen LogP contribution in [0.2, 0.25) is 0 Å². The Kier molecular flexibility index (Phi) is 3.04. The van der Waals surface area contributed by atoms with Gasteiger partial charge in [-0.3, -0.25) is 9.79 Å². The van der Waals surface area contributed by atoms with Gasteiger partial charge in [-0.1, -0.05) is 0 Å². The molecule has 0 fully saturated rings. The Balaban J connectivity index is 2.58. The monoisotopic (exact) mass is 171 g/mol. The summed E-state index contributed by atoms with van der Waals surface area (Å²) in [5.41, 5.74) is 5.29. The Morgan fingerprint density at radius 3 is 3.00 bits per heavy atom. The first-order valence-electron chi connectivity index (χ1n) is 3.96. The summed E-state index contributed by atoms with van der Waals surface area (Å²) in [6.07, 6.45) is 0.446. The maximum Gasteiger partial charge on any atom is 0.314 e. The zero-order valence-corrected chi connectivity index (χ0v) is 6.79. The number of rotatable bonds is 4. The van der Waals surface area contributed by atoms with Crippen molar-refractivity contribution in [1.29, 1.82) is 0 Å². The van der Waals surface area contributed by atoms with Gasteiger partial charge in [-0.05, 0) is 13.0 Å². The van der Waals surface area contributed by atoms with Crippen molar-refractivity contribution in [2.45, 2.75) is 6.42 Å². The smallest absolute Gasteiger partial charge is 0.314 e. The summed E-state index contributed by atoms with van der Waals surface area (Å²) >= 11 is 0. The first-order chi connectivity index (χ1) is 5.75. The molecule has 5 nitrogen and oxygen atoms in total. The second-order valence-electron chi connectivity index (χ2n) is 2.66. The van der Waals surface area contributed by atoms with Crippen LogP contribution in [0.25, 0.3) is 0 Å². The molecule has 0 saturated heterocycles. The largest absolute Gasteiger partial charge is 0.481 e. The quantitative estimate of drug-likeness (QED) is 0.508. The van der Waals surface area contributed by atoms with Crippen LogP contribution in [-0.4, -0.2) is 36.5 Å². The molecule has 68 valence electrons. The summed E-state index contributed by atoms with van der Waals surface area (Å²) in [5.74, 6) is -0.820. The molecule has 5 heteroatoms. The van der Waals surface area contributed by atoms with Gasteiger partial charge in [0.2, 0.25) is 0 Å². The van der Waals surface area contributed by atoms with E-state index in [0.717, 1.165) is 6.54 Å². The number of nitrogens with one attached hydrogen (secondary N) is 1. The molecule has 0 bridgehead atoms. The van der Waals surface area contributed by atoms with Crippen molar-refractivity contribution in [3.8, 4) is 0 Å². The van der Waals surface area contributed by atoms with E-state index in [0.29, 0.717) is 25.3 Å². The van der Waals surface area contributed by atoms with Crippen LogP contribution < -0.4 is 11.1 Å². The van der Waals surface area contributed by atoms with Crippen molar-refractivity contribution < 1.29 is 9.90 Å². The lowest BCUT2D eigenvalue weighted by Crippen LogP contribution is -2.33. The molecule has 0 saturated carbocycles. The van der Waals surface area contributed by atoms with Gasteiger partial charge in [-0.25, -0.2) is 0 Å². The molecule has 0 aromatic rings. The number of amidine groups is 1. The number of carbonyl (C=O) groups is 1. The molecule has 0 aliphatic carbocycles. The van der Waals surface area contributed by atoms with Crippen molar-refractivity contribution in [2.24, 2.45) is 16.6 Å². The van der Waals surface area contributed by atoms with E-state index in [4.69, 9.17) is 10.8 Å². The molecule has 1 atom stereocenters. The number of nitrogens with zero attached hydrogens (tertiary/aromatic N) is 1. The van der Waals surface area contributed by atoms with Crippen LogP contribution in [0.15, 0.2) is 4.99 Å². The van der Waals surface area contributed by atoms with Gasteiger partial charge in [0, 0.05) is 6.54 Å². The van der Waals surface area contributed by atoms with Crippen LogP contribution in [0, 0.1) is 5.92 Å². The fourth-order valence-corrected chi connectivity index (χ4v) is 1.19.